The Morgan fingerprint density at radius 3 is 2.38 bits per heavy atom. The summed E-state index contributed by atoms with van der Waals surface area (Å²) in [5.74, 6) is -0.849. The van der Waals surface area contributed by atoms with E-state index in [-0.39, 0.29) is 5.41 Å². The molecule has 0 saturated carbocycles. The summed E-state index contributed by atoms with van der Waals surface area (Å²) in [5, 5.41) is 11.7. The molecule has 0 saturated heterocycles. The molecule has 0 aliphatic rings. The third-order valence-electron chi connectivity index (χ3n) is 1.55. The molecule has 3 heteroatoms. The number of carboxylic acid groups (broad SMARTS) is 1. The molecule has 0 bridgehead atoms. The minimum atomic E-state index is -0.849. The van der Waals surface area contributed by atoms with Crippen LogP contribution in [0.3, 0.4) is 0 Å². The van der Waals surface area contributed by atoms with Gasteiger partial charge in [-0.1, -0.05) is 26.8 Å². The van der Waals surface area contributed by atoms with Crippen LogP contribution in [0.5, 0.6) is 0 Å². The summed E-state index contributed by atoms with van der Waals surface area (Å²) in [4.78, 5) is 10.4. The number of hydrogen-bond donors (Lipinski definition) is 2. The fraction of sp³-hybridized carbons (Fsp3) is 0.700. The zero-order valence-corrected chi connectivity index (χ0v) is 8.85. The van der Waals surface area contributed by atoms with Crippen molar-refractivity contribution in [1.82, 2.24) is 5.32 Å². The van der Waals surface area contributed by atoms with Crippen LogP contribution in [0.25, 0.3) is 0 Å². The molecule has 0 fully saturated rings. The third-order valence-corrected chi connectivity index (χ3v) is 1.55. The summed E-state index contributed by atoms with van der Waals surface area (Å²) in [6.45, 7) is 9.50. The van der Waals surface area contributed by atoms with Crippen LogP contribution in [-0.4, -0.2) is 24.2 Å². The van der Waals surface area contributed by atoms with E-state index in [9.17, 15) is 4.79 Å². The van der Waals surface area contributed by atoms with Crippen LogP contribution in [0, 0.1) is 5.41 Å². The van der Waals surface area contributed by atoms with Crippen molar-refractivity contribution >= 4 is 5.97 Å². The monoisotopic (exact) mass is 185 g/mol. The molecule has 0 spiro atoms. The maximum absolute atomic E-state index is 10.4. The largest absolute Gasteiger partial charge is 0.478 e. The summed E-state index contributed by atoms with van der Waals surface area (Å²) in [7, 11) is 0. The molecule has 0 amide bonds. The van der Waals surface area contributed by atoms with Gasteiger partial charge in [0.2, 0.25) is 0 Å². The van der Waals surface area contributed by atoms with Crippen LogP contribution in [-0.2, 0) is 4.79 Å². The van der Waals surface area contributed by atoms with Crippen molar-refractivity contribution in [2.45, 2.75) is 27.7 Å². The zero-order valence-electron chi connectivity index (χ0n) is 8.85. The first-order chi connectivity index (χ1) is 5.83. The molecule has 0 aromatic carbocycles. The lowest BCUT2D eigenvalue weighted by molar-refractivity contribution is -0.132. The molecule has 3 nitrogen and oxygen atoms in total. The molecule has 0 aliphatic heterocycles. The van der Waals surface area contributed by atoms with E-state index in [0.29, 0.717) is 12.1 Å². The van der Waals surface area contributed by atoms with E-state index in [4.69, 9.17) is 5.11 Å². The molecular weight excluding hydrogens is 166 g/mol. The van der Waals surface area contributed by atoms with Crippen LogP contribution >= 0.6 is 0 Å². The van der Waals surface area contributed by atoms with E-state index in [1.165, 1.54) is 0 Å². The maximum Gasteiger partial charge on any atom is 0.330 e. The van der Waals surface area contributed by atoms with E-state index in [1.807, 2.05) is 0 Å². The van der Waals surface area contributed by atoms with E-state index in [0.717, 1.165) is 6.54 Å². The minimum absolute atomic E-state index is 0.241. The predicted molar refractivity (Wildman–Crippen MR) is 53.7 cm³/mol. The number of aliphatic carboxylic acids is 1. The second-order valence-corrected chi connectivity index (χ2v) is 4.38. The predicted octanol–water partition coefficient (Wildman–Crippen LogP) is 1.65. The van der Waals surface area contributed by atoms with Gasteiger partial charge in [0.15, 0.2) is 0 Å². The van der Waals surface area contributed by atoms with Gasteiger partial charge in [-0.05, 0) is 12.3 Å². The van der Waals surface area contributed by atoms with Gasteiger partial charge in [-0.2, -0.15) is 0 Å². The van der Waals surface area contributed by atoms with Crippen molar-refractivity contribution in [2.75, 3.05) is 13.1 Å². The fourth-order valence-electron chi connectivity index (χ4n) is 0.760. The number of carboxylic acids is 1. The standard InChI is InChI=1S/C10H19NO2/c1-8(9(12)13)5-6-11-7-10(2,3)4/h5,11H,6-7H2,1-4H3,(H,12,13). The summed E-state index contributed by atoms with van der Waals surface area (Å²) in [5.41, 5.74) is 0.631. The molecule has 0 atom stereocenters. The Morgan fingerprint density at radius 1 is 1.46 bits per heavy atom. The second-order valence-electron chi connectivity index (χ2n) is 4.38. The number of rotatable bonds is 4. The molecule has 0 radical (unpaired) electrons. The van der Waals surface area contributed by atoms with Crippen LogP contribution in [0.15, 0.2) is 11.6 Å². The number of nitrogens with one attached hydrogen (secondary N) is 1. The highest BCUT2D eigenvalue weighted by Gasteiger charge is 2.08. The van der Waals surface area contributed by atoms with E-state index >= 15 is 0 Å². The Balaban J connectivity index is 3.68. The first kappa shape index (κ1) is 12.2. The average molecular weight is 185 g/mol. The quantitative estimate of drug-likeness (QED) is 0.517. The fourth-order valence-corrected chi connectivity index (χ4v) is 0.760. The highest BCUT2D eigenvalue weighted by molar-refractivity contribution is 5.85. The highest BCUT2D eigenvalue weighted by atomic mass is 16.4. The van der Waals surface area contributed by atoms with Gasteiger partial charge < -0.3 is 10.4 Å². The molecule has 13 heavy (non-hydrogen) atoms. The van der Waals surface area contributed by atoms with Crippen LogP contribution in [0.1, 0.15) is 27.7 Å². The van der Waals surface area contributed by atoms with Gasteiger partial charge in [0.05, 0.1) is 0 Å². The lowest BCUT2D eigenvalue weighted by atomic mass is 9.97. The molecule has 0 rings (SSSR count). The Kier molecular flexibility index (Phi) is 4.70. The maximum atomic E-state index is 10.4. The lowest BCUT2D eigenvalue weighted by Crippen LogP contribution is -2.27. The Bertz CT molecular complexity index is 201. The van der Waals surface area contributed by atoms with Crippen molar-refractivity contribution in [2.24, 2.45) is 5.41 Å². The third kappa shape index (κ3) is 7.53. The van der Waals surface area contributed by atoms with E-state index in [2.05, 4.69) is 26.1 Å². The van der Waals surface area contributed by atoms with Crippen LogP contribution in [0.4, 0.5) is 0 Å². The topological polar surface area (TPSA) is 49.3 Å². The minimum Gasteiger partial charge on any atom is -0.478 e. The molecule has 0 heterocycles. The van der Waals surface area contributed by atoms with Gasteiger partial charge >= 0.3 is 5.97 Å². The summed E-state index contributed by atoms with van der Waals surface area (Å²) < 4.78 is 0. The first-order valence-corrected chi connectivity index (χ1v) is 4.44. The molecule has 2 N–H and O–H groups in total. The molecule has 0 aliphatic carbocycles. The number of hydrogen-bond acceptors (Lipinski definition) is 2. The highest BCUT2D eigenvalue weighted by Crippen LogP contribution is 2.09. The molecule has 0 aromatic heterocycles. The Hall–Kier alpha value is -0.830. The SMILES string of the molecule is CC(=CCNCC(C)(C)C)C(=O)O. The van der Waals surface area contributed by atoms with Crippen molar-refractivity contribution in [1.29, 1.82) is 0 Å². The van der Waals surface area contributed by atoms with Crippen LogP contribution in [0.2, 0.25) is 0 Å². The zero-order chi connectivity index (χ0) is 10.5. The molecule has 0 unspecified atom stereocenters. The summed E-state index contributed by atoms with van der Waals surface area (Å²) >= 11 is 0. The first-order valence-electron chi connectivity index (χ1n) is 4.44. The smallest absolute Gasteiger partial charge is 0.330 e. The van der Waals surface area contributed by atoms with Crippen LogP contribution < -0.4 is 5.32 Å². The normalized spacial score (nSPS) is 13.1. The van der Waals surface area contributed by atoms with Gasteiger partial charge in [0, 0.05) is 18.7 Å². The van der Waals surface area contributed by atoms with Gasteiger partial charge in [0.1, 0.15) is 0 Å². The Morgan fingerprint density at radius 2 is 2.00 bits per heavy atom. The molecular formula is C10H19NO2. The van der Waals surface area contributed by atoms with E-state index in [1.54, 1.807) is 13.0 Å². The van der Waals surface area contributed by atoms with Gasteiger partial charge in [-0.25, -0.2) is 4.79 Å². The number of carbonyl (C=O) groups is 1. The van der Waals surface area contributed by atoms with Gasteiger partial charge in [-0.15, -0.1) is 0 Å². The average Bonchev–Trinajstić information content (AvgIpc) is 1.95. The second kappa shape index (κ2) is 5.02. The molecule has 76 valence electrons. The lowest BCUT2D eigenvalue weighted by Gasteiger charge is -2.17. The summed E-state index contributed by atoms with van der Waals surface area (Å²) in [6.07, 6.45) is 1.69. The summed E-state index contributed by atoms with van der Waals surface area (Å²) in [6, 6.07) is 0. The van der Waals surface area contributed by atoms with Crippen molar-refractivity contribution < 1.29 is 9.90 Å². The van der Waals surface area contributed by atoms with Crippen molar-refractivity contribution in [3.05, 3.63) is 11.6 Å². The molecule has 0 aromatic rings. The van der Waals surface area contributed by atoms with Gasteiger partial charge in [0.25, 0.3) is 0 Å². The van der Waals surface area contributed by atoms with Crippen molar-refractivity contribution in [3.8, 4) is 0 Å². The van der Waals surface area contributed by atoms with Crippen molar-refractivity contribution in [3.63, 3.8) is 0 Å². The van der Waals surface area contributed by atoms with Gasteiger partial charge in [-0.3, -0.25) is 0 Å². The van der Waals surface area contributed by atoms with E-state index < -0.39 is 5.97 Å². The Labute approximate surface area is 79.8 Å².